The summed E-state index contributed by atoms with van der Waals surface area (Å²) in [6.45, 7) is 7.03. The highest BCUT2D eigenvalue weighted by molar-refractivity contribution is 7.78. The van der Waals surface area contributed by atoms with E-state index in [2.05, 4.69) is 41.1 Å². The fourth-order valence-electron chi connectivity index (χ4n) is 1.75. The quantitative estimate of drug-likeness (QED) is 0.362. The molecule has 2 N–H and O–H groups in total. The Balaban J connectivity index is 2.70. The van der Waals surface area contributed by atoms with Crippen molar-refractivity contribution in [2.45, 2.75) is 13.8 Å². The van der Waals surface area contributed by atoms with Gasteiger partial charge in [0.05, 0.1) is 16.4 Å². The molecule has 0 radical (unpaired) electrons. The van der Waals surface area contributed by atoms with Gasteiger partial charge in [-0.2, -0.15) is 4.99 Å². The van der Waals surface area contributed by atoms with Crippen LogP contribution in [0, 0.1) is 0 Å². The number of rotatable bonds is 7. The van der Waals surface area contributed by atoms with Crippen molar-refractivity contribution in [1.29, 1.82) is 0 Å². The van der Waals surface area contributed by atoms with E-state index in [9.17, 15) is 4.79 Å². The zero-order chi connectivity index (χ0) is 15.0. The van der Waals surface area contributed by atoms with Crippen LogP contribution in [-0.4, -0.2) is 42.3 Å². The second kappa shape index (κ2) is 8.43. The maximum absolute atomic E-state index is 12.0. The van der Waals surface area contributed by atoms with E-state index in [4.69, 9.17) is 10.5 Å². The molecule has 5 nitrogen and oxygen atoms in total. The van der Waals surface area contributed by atoms with Gasteiger partial charge in [-0.25, -0.2) is 4.79 Å². The molecule has 108 valence electrons. The first-order valence-corrected chi connectivity index (χ1v) is 6.90. The minimum Gasteiger partial charge on any atom is -0.461 e. The lowest BCUT2D eigenvalue weighted by atomic mass is 10.1. The van der Waals surface area contributed by atoms with Gasteiger partial charge in [-0.1, -0.05) is 13.8 Å². The minimum absolute atomic E-state index is 0.339. The molecule has 0 unspecified atom stereocenters. The first-order chi connectivity index (χ1) is 9.62. The largest absolute Gasteiger partial charge is 0.461 e. The number of nitrogens with two attached hydrogens (primary N) is 1. The topological polar surface area (TPSA) is 67.9 Å². The van der Waals surface area contributed by atoms with Crippen molar-refractivity contribution < 1.29 is 9.53 Å². The zero-order valence-electron chi connectivity index (χ0n) is 11.8. The van der Waals surface area contributed by atoms with Crippen LogP contribution >= 0.6 is 12.2 Å². The van der Waals surface area contributed by atoms with Crippen LogP contribution in [-0.2, 0) is 4.74 Å². The smallest absolute Gasteiger partial charge is 0.340 e. The number of hydrogen-bond acceptors (Lipinski definition) is 6. The first-order valence-electron chi connectivity index (χ1n) is 6.49. The summed E-state index contributed by atoms with van der Waals surface area (Å²) < 4.78 is 5.25. The van der Waals surface area contributed by atoms with Crippen molar-refractivity contribution >= 4 is 34.7 Å². The molecule has 0 aliphatic heterocycles. The van der Waals surface area contributed by atoms with Crippen molar-refractivity contribution in [2.75, 3.05) is 32.0 Å². The molecule has 0 aliphatic rings. The van der Waals surface area contributed by atoms with Crippen molar-refractivity contribution in [1.82, 2.24) is 4.90 Å². The van der Waals surface area contributed by atoms with Gasteiger partial charge in [-0.15, -0.1) is 0 Å². The third kappa shape index (κ3) is 4.74. The van der Waals surface area contributed by atoms with E-state index < -0.39 is 5.97 Å². The number of ether oxygens (including phenoxy) is 1. The van der Waals surface area contributed by atoms with Gasteiger partial charge in [-0.05, 0) is 43.5 Å². The fraction of sp³-hybridized carbons (Fsp3) is 0.429. The van der Waals surface area contributed by atoms with Crippen molar-refractivity contribution in [3.05, 3.63) is 23.8 Å². The molecule has 1 rings (SSSR count). The molecular formula is C14H19N3O2S. The molecule has 0 saturated heterocycles. The number of anilines is 1. The molecule has 0 heterocycles. The Kier molecular flexibility index (Phi) is 6.87. The molecule has 0 bridgehead atoms. The number of thiocarbonyl (C=S) groups is 1. The summed E-state index contributed by atoms with van der Waals surface area (Å²) in [6.07, 6.45) is 0. The van der Waals surface area contributed by atoms with E-state index in [1.165, 1.54) is 0 Å². The average molecular weight is 293 g/mol. The molecule has 0 aliphatic carbocycles. The average Bonchev–Trinajstić information content (AvgIpc) is 2.44. The van der Waals surface area contributed by atoms with E-state index in [1.54, 1.807) is 18.2 Å². The normalized spacial score (nSPS) is 10.2. The Labute approximate surface area is 124 Å². The molecule has 20 heavy (non-hydrogen) atoms. The predicted molar refractivity (Wildman–Crippen MR) is 83.6 cm³/mol. The molecule has 1 aromatic carbocycles. The number of isothiocyanates is 1. The number of nitrogens with zero attached hydrogens (tertiary/aromatic N) is 2. The number of carbonyl (C=O) groups excluding carboxylic acids is 1. The first kappa shape index (κ1) is 16.3. The summed E-state index contributed by atoms with van der Waals surface area (Å²) in [6, 6.07) is 4.78. The molecule has 6 heteroatoms. The molecule has 0 aromatic heterocycles. The molecule has 1 aromatic rings. The predicted octanol–water partition coefficient (Wildman–Crippen LogP) is 2.50. The molecule has 0 saturated carbocycles. The number of carbonyl (C=O) groups is 1. The Hall–Kier alpha value is -1.75. The number of likely N-dealkylation sites (N-methyl/N-ethyl adjacent to an activating group) is 1. The van der Waals surface area contributed by atoms with Crippen molar-refractivity contribution in [3.63, 3.8) is 0 Å². The van der Waals surface area contributed by atoms with Crippen LogP contribution in [0.5, 0.6) is 0 Å². The van der Waals surface area contributed by atoms with E-state index in [0.717, 1.165) is 13.1 Å². The summed E-state index contributed by atoms with van der Waals surface area (Å²) in [5.74, 6) is -0.429. The fourth-order valence-corrected chi connectivity index (χ4v) is 1.85. The summed E-state index contributed by atoms with van der Waals surface area (Å²) in [5.41, 5.74) is 6.89. The molecule has 0 fully saturated rings. The van der Waals surface area contributed by atoms with Crippen LogP contribution in [0.4, 0.5) is 11.4 Å². The van der Waals surface area contributed by atoms with E-state index in [-0.39, 0.29) is 0 Å². The van der Waals surface area contributed by atoms with E-state index in [0.29, 0.717) is 30.1 Å². The van der Waals surface area contributed by atoms with Crippen LogP contribution in [0.2, 0.25) is 0 Å². The van der Waals surface area contributed by atoms with Gasteiger partial charge in [-0.3, -0.25) is 0 Å². The van der Waals surface area contributed by atoms with Gasteiger partial charge < -0.3 is 15.4 Å². The number of aliphatic imine (C=N–C) groups is 1. The van der Waals surface area contributed by atoms with Gasteiger partial charge in [0.1, 0.15) is 6.61 Å². The Morgan fingerprint density at radius 2 is 2.15 bits per heavy atom. The summed E-state index contributed by atoms with van der Waals surface area (Å²) >= 11 is 4.56. The lowest BCUT2D eigenvalue weighted by molar-refractivity contribution is 0.0467. The van der Waals surface area contributed by atoms with Crippen LogP contribution in [0.3, 0.4) is 0 Å². The van der Waals surface area contributed by atoms with Crippen molar-refractivity contribution in [3.8, 4) is 0 Å². The molecular weight excluding hydrogens is 274 g/mol. The summed E-state index contributed by atoms with van der Waals surface area (Å²) in [5, 5.41) is 2.24. The minimum atomic E-state index is -0.429. The van der Waals surface area contributed by atoms with Crippen LogP contribution in [0.25, 0.3) is 0 Å². The summed E-state index contributed by atoms with van der Waals surface area (Å²) in [7, 11) is 0. The maximum Gasteiger partial charge on any atom is 0.340 e. The van der Waals surface area contributed by atoms with Crippen LogP contribution in [0.1, 0.15) is 24.2 Å². The summed E-state index contributed by atoms with van der Waals surface area (Å²) in [4.78, 5) is 18.0. The third-order valence-electron chi connectivity index (χ3n) is 2.94. The molecule has 0 spiro atoms. The van der Waals surface area contributed by atoms with Gasteiger partial charge in [0.2, 0.25) is 0 Å². The maximum atomic E-state index is 12.0. The van der Waals surface area contributed by atoms with Crippen LogP contribution < -0.4 is 5.73 Å². The Bertz CT molecular complexity index is 509. The van der Waals surface area contributed by atoms with Crippen LogP contribution in [0.15, 0.2) is 23.2 Å². The standard InChI is InChI=1S/C14H19N3O2S/c1-3-17(4-2)7-8-19-14(18)12-6-5-11(15)9-13(12)16-10-20/h5-6,9H,3-4,7-8,15H2,1-2H3. The lowest BCUT2D eigenvalue weighted by Gasteiger charge is -2.17. The highest BCUT2D eigenvalue weighted by atomic mass is 32.1. The van der Waals surface area contributed by atoms with E-state index >= 15 is 0 Å². The van der Waals surface area contributed by atoms with Gasteiger partial charge in [0.25, 0.3) is 0 Å². The SMILES string of the molecule is CCN(CC)CCOC(=O)c1ccc(N)cc1N=C=S. The van der Waals surface area contributed by atoms with Gasteiger partial charge in [0, 0.05) is 12.2 Å². The number of benzene rings is 1. The third-order valence-corrected chi connectivity index (χ3v) is 3.03. The monoisotopic (exact) mass is 293 g/mol. The second-order valence-corrected chi connectivity index (χ2v) is 4.33. The number of hydrogen-bond donors (Lipinski definition) is 1. The Morgan fingerprint density at radius 3 is 2.75 bits per heavy atom. The van der Waals surface area contributed by atoms with Gasteiger partial charge in [0.15, 0.2) is 0 Å². The number of nitrogen functional groups attached to an aromatic ring is 1. The number of esters is 1. The van der Waals surface area contributed by atoms with Crippen molar-refractivity contribution in [2.24, 2.45) is 4.99 Å². The highest BCUT2D eigenvalue weighted by Gasteiger charge is 2.13. The molecule has 0 amide bonds. The zero-order valence-corrected chi connectivity index (χ0v) is 12.6. The van der Waals surface area contributed by atoms with E-state index in [1.807, 2.05) is 0 Å². The molecule has 0 atom stereocenters. The lowest BCUT2D eigenvalue weighted by Crippen LogP contribution is -2.27. The second-order valence-electron chi connectivity index (χ2n) is 4.14. The van der Waals surface area contributed by atoms with Gasteiger partial charge >= 0.3 is 5.97 Å². The highest BCUT2D eigenvalue weighted by Crippen LogP contribution is 2.22. The Morgan fingerprint density at radius 1 is 1.45 bits per heavy atom.